The van der Waals surface area contributed by atoms with Gasteiger partial charge in [0.05, 0.1) is 18.7 Å². The first-order valence-electron chi connectivity index (χ1n) is 8.32. The number of aliphatic carboxylic acids is 1. The summed E-state index contributed by atoms with van der Waals surface area (Å²) >= 11 is 7.56. The number of oxazole rings is 1. The second-order valence-electron chi connectivity index (χ2n) is 6.04. The van der Waals surface area contributed by atoms with Crippen molar-refractivity contribution < 1.29 is 19.1 Å². The molecule has 6 nitrogen and oxygen atoms in total. The van der Waals surface area contributed by atoms with Crippen molar-refractivity contribution in [3.05, 3.63) is 41.4 Å². The van der Waals surface area contributed by atoms with Crippen molar-refractivity contribution >= 4 is 35.2 Å². The highest BCUT2D eigenvalue weighted by molar-refractivity contribution is 7.99. The maximum atomic E-state index is 12.5. The molecule has 1 unspecified atom stereocenters. The highest BCUT2D eigenvalue weighted by Gasteiger charge is 2.28. The molecule has 1 aliphatic rings. The molecule has 138 valence electrons. The van der Waals surface area contributed by atoms with Crippen molar-refractivity contribution in [3.8, 4) is 11.3 Å². The van der Waals surface area contributed by atoms with Crippen LogP contribution in [0.1, 0.15) is 18.7 Å². The van der Waals surface area contributed by atoms with Gasteiger partial charge in [0.25, 0.3) is 0 Å². The van der Waals surface area contributed by atoms with Crippen molar-refractivity contribution in [2.45, 2.75) is 25.3 Å². The quantitative estimate of drug-likeness (QED) is 0.808. The molecule has 2 aromatic rings. The van der Waals surface area contributed by atoms with Gasteiger partial charge in [-0.05, 0) is 24.3 Å². The van der Waals surface area contributed by atoms with Gasteiger partial charge in [0.15, 0.2) is 11.7 Å². The number of amides is 1. The number of thioether (sulfide) groups is 1. The maximum Gasteiger partial charge on any atom is 0.305 e. The van der Waals surface area contributed by atoms with Crippen LogP contribution in [0.2, 0.25) is 5.02 Å². The number of rotatable bonds is 6. The molecule has 0 aliphatic carbocycles. The number of halogens is 1. The van der Waals surface area contributed by atoms with Gasteiger partial charge in [0.1, 0.15) is 0 Å². The van der Waals surface area contributed by atoms with E-state index in [1.165, 1.54) is 0 Å². The lowest BCUT2D eigenvalue weighted by Gasteiger charge is -2.34. The normalized spacial score (nSPS) is 17.3. The van der Waals surface area contributed by atoms with E-state index in [1.54, 1.807) is 35.0 Å². The number of aryl methyl sites for hydroxylation is 1. The van der Waals surface area contributed by atoms with Gasteiger partial charge in [0, 0.05) is 41.5 Å². The van der Waals surface area contributed by atoms with Gasteiger partial charge < -0.3 is 14.4 Å². The number of aromatic nitrogens is 1. The molecule has 2 heterocycles. The Balaban J connectivity index is 1.59. The van der Waals surface area contributed by atoms with Crippen LogP contribution in [0.25, 0.3) is 11.3 Å². The second kappa shape index (κ2) is 8.60. The summed E-state index contributed by atoms with van der Waals surface area (Å²) in [5.41, 5.74) is 0.869. The van der Waals surface area contributed by atoms with Crippen LogP contribution < -0.4 is 0 Å². The van der Waals surface area contributed by atoms with Gasteiger partial charge in [-0.15, -0.1) is 0 Å². The van der Waals surface area contributed by atoms with E-state index < -0.39 is 5.97 Å². The van der Waals surface area contributed by atoms with Gasteiger partial charge in [-0.25, -0.2) is 4.98 Å². The first-order chi connectivity index (χ1) is 12.5. The summed E-state index contributed by atoms with van der Waals surface area (Å²) in [5, 5.41) is 9.67. The zero-order valence-electron chi connectivity index (χ0n) is 14.1. The number of hydrogen-bond acceptors (Lipinski definition) is 5. The lowest BCUT2D eigenvalue weighted by Crippen LogP contribution is -2.47. The lowest BCUT2D eigenvalue weighted by atomic mass is 10.1. The van der Waals surface area contributed by atoms with Crippen molar-refractivity contribution in [3.63, 3.8) is 0 Å². The summed E-state index contributed by atoms with van der Waals surface area (Å²) in [4.78, 5) is 29.4. The van der Waals surface area contributed by atoms with Crippen LogP contribution in [-0.2, 0) is 16.0 Å². The highest BCUT2D eigenvalue weighted by atomic mass is 35.5. The Bertz CT molecular complexity index is 778. The largest absolute Gasteiger partial charge is 0.481 e. The minimum atomic E-state index is -0.879. The molecule has 0 saturated carbocycles. The van der Waals surface area contributed by atoms with Crippen LogP contribution >= 0.6 is 23.4 Å². The smallest absolute Gasteiger partial charge is 0.305 e. The fraction of sp³-hybridized carbons (Fsp3) is 0.389. The van der Waals surface area contributed by atoms with Gasteiger partial charge >= 0.3 is 5.97 Å². The van der Waals surface area contributed by atoms with E-state index >= 15 is 0 Å². The van der Waals surface area contributed by atoms with Crippen LogP contribution in [0.4, 0.5) is 0 Å². The zero-order chi connectivity index (χ0) is 18.5. The molecule has 1 saturated heterocycles. The van der Waals surface area contributed by atoms with E-state index in [0.717, 1.165) is 11.3 Å². The van der Waals surface area contributed by atoms with E-state index in [9.17, 15) is 9.59 Å². The van der Waals surface area contributed by atoms with E-state index in [0.29, 0.717) is 35.4 Å². The fourth-order valence-electron chi connectivity index (χ4n) is 2.88. The Hall–Kier alpha value is -1.99. The predicted molar refractivity (Wildman–Crippen MR) is 100 cm³/mol. The average molecular weight is 395 g/mol. The van der Waals surface area contributed by atoms with E-state index in [4.69, 9.17) is 21.1 Å². The standard InChI is InChI=1S/C18H19ClN2O4S/c19-13-3-1-12(2-4-13)15-10-20-16(25-15)5-6-17(22)21-7-8-26-11-14(21)9-18(23)24/h1-4,10,14H,5-9,11H2,(H,23,24). The minimum Gasteiger partial charge on any atom is -0.481 e. The Morgan fingerprint density at radius 1 is 1.35 bits per heavy atom. The Labute approximate surface area is 160 Å². The number of carboxylic acid groups (broad SMARTS) is 1. The molecule has 3 rings (SSSR count). The lowest BCUT2D eigenvalue weighted by molar-refractivity contribution is -0.140. The van der Waals surface area contributed by atoms with Crippen LogP contribution in [0.5, 0.6) is 0 Å². The minimum absolute atomic E-state index is 0.0154. The third-order valence-corrected chi connectivity index (χ3v) is 5.54. The summed E-state index contributed by atoms with van der Waals surface area (Å²) in [6, 6.07) is 7.01. The van der Waals surface area contributed by atoms with Crippen LogP contribution in [0, 0.1) is 0 Å². The molecule has 1 aromatic heterocycles. The van der Waals surface area contributed by atoms with Crippen molar-refractivity contribution in [2.75, 3.05) is 18.1 Å². The van der Waals surface area contributed by atoms with Crippen molar-refractivity contribution in [1.82, 2.24) is 9.88 Å². The monoisotopic (exact) mass is 394 g/mol. The molecular weight excluding hydrogens is 376 g/mol. The van der Waals surface area contributed by atoms with Crippen LogP contribution in [0.3, 0.4) is 0 Å². The summed E-state index contributed by atoms with van der Waals surface area (Å²) in [6.45, 7) is 0.586. The Morgan fingerprint density at radius 3 is 2.85 bits per heavy atom. The van der Waals surface area contributed by atoms with Gasteiger partial charge in [-0.1, -0.05) is 11.6 Å². The highest BCUT2D eigenvalue weighted by Crippen LogP contribution is 2.24. The number of hydrogen-bond donors (Lipinski definition) is 1. The van der Waals surface area contributed by atoms with E-state index in [-0.39, 0.29) is 24.8 Å². The first kappa shape index (κ1) is 18.8. The molecule has 0 spiro atoms. The molecule has 1 N–H and O–H groups in total. The van der Waals surface area contributed by atoms with E-state index in [1.807, 2.05) is 12.1 Å². The summed E-state index contributed by atoms with van der Waals surface area (Å²) < 4.78 is 5.72. The van der Waals surface area contributed by atoms with Gasteiger partial charge in [-0.2, -0.15) is 11.8 Å². The Morgan fingerprint density at radius 2 is 2.12 bits per heavy atom. The molecule has 1 aromatic carbocycles. The number of benzene rings is 1. The number of carbonyl (C=O) groups excluding carboxylic acids is 1. The molecular formula is C18H19ClN2O4S. The Kier molecular flexibility index (Phi) is 6.21. The van der Waals surface area contributed by atoms with Crippen LogP contribution in [-0.4, -0.2) is 51.0 Å². The second-order valence-corrected chi connectivity index (χ2v) is 7.63. The molecule has 26 heavy (non-hydrogen) atoms. The van der Waals surface area contributed by atoms with E-state index in [2.05, 4.69) is 4.98 Å². The molecule has 1 atom stereocenters. The first-order valence-corrected chi connectivity index (χ1v) is 9.86. The predicted octanol–water partition coefficient (Wildman–Crippen LogP) is 3.35. The molecule has 0 radical (unpaired) electrons. The summed E-state index contributed by atoms with van der Waals surface area (Å²) in [7, 11) is 0. The maximum absolute atomic E-state index is 12.5. The summed E-state index contributed by atoms with van der Waals surface area (Å²) in [6.07, 6.45) is 2.25. The molecule has 1 amide bonds. The van der Waals surface area contributed by atoms with Crippen molar-refractivity contribution in [1.29, 1.82) is 0 Å². The molecule has 0 bridgehead atoms. The van der Waals surface area contributed by atoms with Crippen molar-refractivity contribution in [2.24, 2.45) is 0 Å². The summed E-state index contributed by atoms with van der Waals surface area (Å²) in [5.74, 6) is 1.68. The van der Waals surface area contributed by atoms with Crippen LogP contribution in [0.15, 0.2) is 34.9 Å². The zero-order valence-corrected chi connectivity index (χ0v) is 15.6. The van der Waals surface area contributed by atoms with Gasteiger partial charge in [-0.3, -0.25) is 9.59 Å². The number of carboxylic acids is 1. The number of carbonyl (C=O) groups is 2. The SMILES string of the molecule is O=C(O)CC1CSCCN1C(=O)CCc1ncc(-c2ccc(Cl)cc2)o1. The molecule has 8 heteroatoms. The average Bonchev–Trinajstić information content (AvgIpc) is 3.09. The van der Waals surface area contributed by atoms with Gasteiger partial charge in [0.2, 0.25) is 5.91 Å². The number of nitrogens with zero attached hydrogens (tertiary/aromatic N) is 2. The molecule has 1 aliphatic heterocycles. The molecule has 1 fully saturated rings. The topological polar surface area (TPSA) is 83.6 Å². The third-order valence-electron chi connectivity index (χ3n) is 4.19. The third kappa shape index (κ3) is 4.80. The fourth-order valence-corrected chi connectivity index (χ4v) is 4.07.